The number of aromatic amines is 2. The number of esters is 1. The zero-order valence-corrected chi connectivity index (χ0v) is 9.21. The van der Waals surface area contributed by atoms with Gasteiger partial charge in [-0.05, 0) is 18.2 Å². The summed E-state index contributed by atoms with van der Waals surface area (Å²) in [6.07, 6.45) is 0. The van der Waals surface area contributed by atoms with Gasteiger partial charge >= 0.3 is 11.7 Å². The van der Waals surface area contributed by atoms with Gasteiger partial charge in [0.25, 0.3) is 5.56 Å². The molecule has 0 unspecified atom stereocenters. The Morgan fingerprint density at radius 2 is 2.06 bits per heavy atom. The van der Waals surface area contributed by atoms with E-state index < -0.39 is 17.2 Å². The van der Waals surface area contributed by atoms with Crippen LogP contribution in [-0.4, -0.2) is 22.0 Å². The summed E-state index contributed by atoms with van der Waals surface area (Å²) in [7, 11) is 0. The van der Waals surface area contributed by atoms with Gasteiger partial charge in [0.1, 0.15) is 0 Å². The summed E-state index contributed by atoms with van der Waals surface area (Å²) in [6.45, 7) is 0. The number of fused-ring (bicyclic) bond motifs is 1. The molecule has 17 heavy (non-hydrogen) atoms. The molecule has 6 nitrogen and oxygen atoms in total. The van der Waals surface area contributed by atoms with Crippen LogP contribution in [0.3, 0.4) is 0 Å². The molecular formula is C10H7ClN2O4. The lowest BCUT2D eigenvalue weighted by Crippen LogP contribution is -2.22. The summed E-state index contributed by atoms with van der Waals surface area (Å²) in [5, 5.41) is 0.202. The van der Waals surface area contributed by atoms with E-state index in [-0.39, 0.29) is 17.0 Å². The molecule has 2 N–H and O–H groups in total. The van der Waals surface area contributed by atoms with Gasteiger partial charge in [0.05, 0.1) is 16.5 Å². The summed E-state index contributed by atoms with van der Waals surface area (Å²) in [5.74, 6) is -0.632. The number of nitrogens with one attached hydrogen (secondary N) is 2. The average Bonchev–Trinajstić information content (AvgIpc) is 2.28. The Kier molecular flexibility index (Phi) is 2.97. The normalized spacial score (nSPS) is 10.4. The summed E-state index contributed by atoms with van der Waals surface area (Å²) < 4.78 is 4.58. The smallest absolute Gasteiger partial charge is 0.339 e. The number of benzene rings is 1. The molecule has 0 fully saturated rings. The Morgan fingerprint density at radius 1 is 1.29 bits per heavy atom. The van der Waals surface area contributed by atoms with Crippen molar-refractivity contribution in [1.29, 1.82) is 0 Å². The largest absolute Gasteiger partial charge is 0.446 e. The Morgan fingerprint density at radius 3 is 2.76 bits per heavy atom. The van der Waals surface area contributed by atoms with E-state index >= 15 is 0 Å². The Hall–Kier alpha value is -2.08. The number of H-pyrrole nitrogens is 2. The molecule has 1 aromatic carbocycles. The van der Waals surface area contributed by atoms with Gasteiger partial charge in [0, 0.05) is 0 Å². The first-order valence-corrected chi connectivity index (χ1v) is 5.14. The molecule has 7 heteroatoms. The maximum absolute atomic E-state index is 11.5. The third-order valence-corrected chi connectivity index (χ3v) is 2.27. The van der Waals surface area contributed by atoms with Crippen molar-refractivity contribution in [2.24, 2.45) is 0 Å². The van der Waals surface area contributed by atoms with Crippen LogP contribution in [0.5, 0.6) is 0 Å². The highest BCUT2D eigenvalue weighted by molar-refractivity contribution is 6.17. The van der Waals surface area contributed by atoms with Gasteiger partial charge in [0.15, 0.2) is 6.07 Å². The monoisotopic (exact) mass is 254 g/mol. The molecule has 0 saturated heterocycles. The molecule has 0 aliphatic carbocycles. The fourth-order valence-corrected chi connectivity index (χ4v) is 1.52. The number of hydrogen-bond donors (Lipinski definition) is 2. The number of rotatable bonds is 2. The lowest BCUT2D eigenvalue weighted by Gasteiger charge is -2.01. The van der Waals surface area contributed by atoms with E-state index in [4.69, 9.17) is 11.6 Å². The number of halogens is 1. The third kappa shape index (κ3) is 2.21. The topological polar surface area (TPSA) is 92.0 Å². The first-order chi connectivity index (χ1) is 8.11. The fourth-order valence-electron chi connectivity index (χ4n) is 1.42. The predicted molar refractivity (Wildman–Crippen MR) is 61.3 cm³/mol. The number of carbonyl (C=O) groups excluding carboxylic acids is 1. The number of alkyl halides is 1. The maximum Gasteiger partial charge on any atom is 0.339 e. The van der Waals surface area contributed by atoms with Crippen molar-refractivity contribution < 1.29 is 9.53 Å². The first kappa shape index (κ1) is 11.4. The van der Waals surface area contributed by atoms with Crippen LogP contribution in [0, 0.1) is 0 Å². The van der Waals surface area contributed by atoms with Gasteiger partial charge in [-0.25, -0.2) is 9.59 Å². The number of hydrogen-bond acceptors (Lipinski definition) is 4. The molecular weight excluding hydrogens is 248 g/mol. The average molecular weight is 255 g/mol. The van der Waals surface area contributed by atoms with Crippen molar-refractivity contribution in [3.8, 4) is 0 Å². The van der Waals surface area contributed by atoms with Crippen molar-refractivity contribution in [3.05, 3.63) is 44.6 Å². The van der Waals surface area contributed by atoms with Gasteiger partial charge in [-0.1, -0.05) is 11.6 Å². The number of ether oxygens (including phenoxy) is 1. The molecule has 2 aromatic rings. The van der Waals surface area contributed by atoms with Crippen molar-refractivity contribution in [2.45, 2.75) is 0 Å². The van der Waals surface area contributed by atoms with Gasteiger partial charge in [-0.2, -0.15) is 0 Å². The van der Waals surface area contributed by atoms with E-state index in [9.17, 15) is 14.4 Å². The second kappa shape index (κ2) is 4.42. The quantitative estimate of drug-likeness (QED) is 0.605. The third-order valence-electron chi connectivity index (χ3n) is 2.16. The minimum absolute atomic E-state index is 0.190. The van der Waals surface area contributed by atoms with E-state index in [0.717, 1.165) is 0 Å². The van der Waals surface area contributed by atoms with Crippen LogP contribution < -0.4 is 11.2 Å². The zero-order chi connectivity index (χ0) is 12.4. The molecule has 0 aliphatic rings. The summed E-state index contributed by atoms with van der Waals surface area (Å²) in [6, 6.07) is 3.96. The lowest BCUT2D eigenvalue weighted by molar-refractivity contribution is 0.0574. The van der Waals surface area contributed by atoms with E-state index in [0.29, 0.717) is 5.52 Å². The van der Waals surface area contributed by atoms with Crippen LogP contribution in [0.4, 0.5) is 0 Å². The van der Waals surface area contributed by atoms with Crippen molar-refractivity contribution >= 4 is 28.5 Å². The molecule has 0 radical (unpaired) electrons. The fraction of sp³-hybridized carbons (Fsp3) is 0.100. The SMILES string of the molecule is O=C(OCCl)c1ccc2[nH]c(=O)[nH]c(=O)c2c1. The minimum Gasteiger partial charge on any atom is -0.446 e. The van der Waals surface area contributed by atoms with Gasteiger partial charge in [0.2, 0.25) is 0 Å². The number of carbonyl (C=O) groups is 1. The Bertz CT molecular complexity index is 689. The van der Waals surface area contributed by atoms with E-state index in [1.54, 1.807) is 0 Å². The minimum atomic E-state index is -0.632. The first-order valence-electron chi connectivity index (χ1n) is 4.61. The van der Waals surface area contributed by atoms with Crippen LogP contribution in [0.25, 0.3) is 10.9 Å². The van der Waals surface area contributed by atoms with Crippen LogP contribution >= 0.6 is 11.6 Å². The van der Waals surface area contributed by atoms with Crippen LogP contribution in [-0.2, 0) is 4.74 Å². The maximum atomic E-state index is 11.5. The lowest BCUT2D eigenvalue weighted by atomic mass is 10.1. The van der Waals surface area contributed by atoms with Crippen molar-refractivity contribution in [2.75, 3.05) is 6.07 Å². The van der Waals surface area contributed by atoms with E-state index in [1.807, 2.05) is 0 Å². The Labute approximate surface area is 99.2 Å². The summed E-state index contributed by atoms with van der Waals surface area (Å²) in [5.41, 5.74) is -0.625. The van der Waals surface area contributed by atoms with Crippen LogP contribution in [0.1, 0.15) is 10.4 Å². The molecule has 0 bridgehead atoms. The molecule has 0 saturated carbocycles. The van der Waals surface area contributed by atoms with Crippen molar-refractivity contribution in [3.63, 3.8) is 0 Å². The van der Waals surface area contributed by atoms with E-state index in [1.165, 1.54) is 18.2 Å². The molecule has 0 atom stereocenters. The predicted octanol–water partition coefficient (Wildman–Crippen LogP) is 0.569. The summed E-state index contributed by atoms with van der Waals surface area (Å²) in [4.78, 5) is 38.4. The molecule has 88 valence electrons. The molecule has 0 amide bonds. The molecule has 0 aliphatic heterocycles. The highest BCUT2D eigenvalue weighted by Crippen LogP contribution is 2.10. The van der Waals surface area contributed by atoms with Gasteiger partial charge in [-0.3, -0.25) is 9.78 Å². The molecule has 1 aromatic heterocycles. The Balaban J connectivity index is 2.62. The van der Waals surface area contributed by atoms with Gasteiger partial charge < -0.3 is 9.72 Å². The van der Waals surface area contributed by atoms with Crippen LogP contribution in [0.2, 0.25) is 0 Å². The second-order valence-corrected chi connectivity index (χ2v) is 3.43. The van der Waals surface area contributed by atoms with E-state index in [2.05, 4.69) is 14.7 Å². The number of aromatic nitrogens is 2. The standard InChI is InChI=1S/C10H7ClN2O4/c11-4-17-9(15)5-1-2-7-6(3-5)8(14)13-10(16)12-7/h1-3H,4H2,(H2,12,13,14,16). The molecule has 2 rings (SSSR count). The molecule has 1 heterocycles. The van der Waals surface area contributed by atoms with Crippen LogP contribution in [0.15, 0.2) is 27.8 Å². The second-order valence-electron chi connectivity index (χ2n) is 3.21. The highest BCUT2D eigenvalue weighted by atomic mass is 35.5. The highest BCUT2D eigenvalue weighted by Gasteiger charge is 2.09. The summed E-state index contributed by atoms with van der Waals surface area (Å²) >= 11 is 5.26. The van der Waals surface area contributed by atoms with Gasteiger partial charge in [-0.15, -0.1) is 0 Å². The zero-order valence-electron chi connectivity index (χ0n) is 8.45. The van der Waals surface area contributed by atoms with Crippen molar-refractivity contribution in [1.82, 2.24) is 9.97 Å². The molecule has 0 spiro atoms.